The quantitative estimate of drug-likeness (QED) is 0.564. The molecule has 0 aliphatic rings. The zero-order valence-electron chi connectivity index (χ0n) is 14.2. The molecule has 0 aliphatic carbocycles. The summed E-state index contributed by atoms with van der Waals surface area (Å²) < 4.78 is 20.8. The van der Waals surface area contributed by atoms with E-state index in [0.29, 0.717) is 17.0 Å². The summed E-state index contributed by atoms with van der Waals surface area (Å²) in [6.45, 7) is 0.162. The van der Waals surface area contributed by atoms with Gasteiger partial charge in [0.15, 0.2) is 0 Å². The summed E-state index contributed by atoms with van der Waals surface area (Å²) in [7, 11) is 0. The lowest BCUT2D eigenvalue weighted by atomic mass is 10.1. The highest BCUT2D eigenvalue weighted by atomic mass is 19.1. The van der Waals surface area contributed by atoms with E-state index in [4.69, 9.17) is 16.0 Å². The normalized spacial score (nSPS) is 11.2. The first-order chi connectivity index (χ1) is 13.1. The van der Waals surface area contributed by atoms with Crippen LogP contribution in [0.2, 0.25) is 0 Å². The number of halogens is 1. The minimum Gasteiger partial charge on any atom is -0.368 e. The van der Waals surface area contributed by atoms with Gasteiger partial charge in [-0.2, -0.15) is 4.98 Å². The van der Waals surface area contributed by atoms with E-state index in [0.717, 1.165) is 16.5 Å². The standard InChI is InChI=1S/C19H16FN5O2/c20-15-5-4-11(8-12(15)9-21)19-23-18(24-27-19)14-2-1-3-16-13(14)6-7-25(16)10-17(22)26/h1-8H,9-10,21H2,(H2,22,26). The number of hydrogen-bond acceptors (Lipinski definition) is 5. The van der Waals surface area contributed by atoms with Gasteiger partial charge >= 0.3 is 0 Å². The van der Waals surface area contributed by atoms with Crippen LogP contribution in [0.1, 0.15) is 5.56 Å². The molecule has 0 atom stereocenters. The number of carbonyl (C=O) groups excluding carboxylic acids is 1. The number of rotatable bonds is 5. The van der Waals surface area contributed by atoms with E-state index in [1.807, 2.05) is 24.3 Å². The van der Waals surface area contributed by atoms with Crippen LogP contribution in [0, 0.1) is 5.82 Å². The number of carbonyl (C=O) groups is 1. The Labute approximate surface area is 153 Å². The molecule has 136 valence electrons. The molecule has 8 heteroatoms. The second-order valence-corrected chi connectivity index (χ2v) is 6.08. The van der Waals surface area contributed by atoms with Crippen LogP contribution in [-0.4, -0.2) is 20.6 Å². The molecule has 7 nitrogen and oxygen atoms in total. The maximum absolute atomic E-state index is 13.6. The first-order valence-electron chi connectivity index (χ1n) is 8.26. The largest absolute Gasteiger partial charge is 0.368 e. The first kappa shape index (κ1) is 16.9. The SMILES string of the molecule is NCc1cc(-c2nc(-c3cccc4c3ccn4CC(N)=O)no2)ccc1F. The van der Waals surface area contributed by atoms with Crippen LogP contribution < -0.4 is 11.5 Å². The Kier molecular flexibility index (Phi) is 4.17. The van der Waals surface area contributed by atoms with E-state index in [1.165, 1.54) is 6.07 Å². The Balaban J connectivity index is 1.75. The van der Waals surface area contributed by atoms with Crippen molar-refractivity contribution in [1.29, 1.82) is 0 Å². The number of hydrogen-bond donors (Lipinski definition) is 2. The van der Waals surface area contributed by atoms with Gasteiger partial charge in [0, 0.05) is 40.3 Å². The van der Waals surface area contributed by atoms with Crippen LogP contribution in [-0.2, 0) is 17.9 Å². The summed E-state index contributed by atoms with van der Waals surface area (Å²) in [5.74, 6) is -0.132. The van der Waals surface area contributed by atoms with E-state index in [2.05, 4.69) is 10.1 Å². The highest BCUT2D eigenvalue weighted by Gasteiger charge is 2.16. The molecule has 2 heterocycles. The van der Waals surface area contributed by atoms with Crippen LogP contribution in [0.3, 0.4) is 0 Å². The van der Waals surface area contributed by atoms with Gasteiger partial charge in [-0.25, -0.2) is 4.39 Å². The van der Waals surface area contributed by atoms with E-state index in [-0.39, 0.29) is 24.8 Å². The van der Waals surface area contributed by atoms with Crippen molar-refractivity contribution < 1.29 is 13.7 Å². The third-order valence-electron chi connectivity index (χ3n) is 4.32. The van der Waals surface area contributed by atoms with Gasteiger partial charge in [-0.1, -0.05) is 17.3 Å². The summed E-state index contributed by atoms with van der Waals surface area (Å²) in [5, 5.41) is 4.92. The number of benzene rings is 2. The van der Waals surface area contributed by atoms with Crippen molar-refractivity contribution in [3.63, 3.8) is 0 Å². The molecule has 4 rings (SSSR count). The fourth-order valence-electron chi connectivity index (χ4n) is 3.04. The fourth-order valence-corrected chi connectivity index (χ4v) is 3.04. The van der Waals surface area contributed by atoms with Gasteiger partial charge in [-0.3, -0.25) is 4.79 Å². The van der Waals surface area contributed by atoms with E-state index in [9.17, 15) is 9.18 Å². The Morgan fingerprint density at radius 3 is 2.85 bits per heavy atom. The number of nitrogens with two attached hydrogens (primary N) is 2. The molecule has 0 saturated heterocycles. The van der Waals surface area contributed by atoms with Gasteiger partial charge < -0.3 is 20.6 Å². The molecule has 0 spiro atoms. The lowest BCUT2D eigenvalue weighted by Gasteiger charge is -2.03. The van der Waals surface area contributed by atoms with E-state index < -0.39 is 5.91 Å². The molecule has 0 unspecified atom stereocenters. The Morgan fingerprint density at radius 2 is 2.07 bits per heavy atom. The van der Waals surface area contributed by atoms with Crippen molar-refractivity contribution >= 4 is 16.8 Å². The molecular formula is C19H16FN5O2. The van der Waals surface area contributed by atoms with Crippen LogP contribution in [0.4, 0.5) is 4.39 Å². The Bertz CT molecular complexity index is 1150. The van der Waals surface area contributed by atoms with Crippen LogP contribution in [0.15, 0.2) is 53.2 Å². The minimum absolute atomic E-state index is 0.0767. The molecular weight excluding hydrogens is 349 g/mol. The average molecular weight is 365 g/mol. The van der Waals surface area contributed by atoms with Crippen molar-refractivity contribution in [2.75, 3.05) is 0 Å². The van der Waals surface area contributed by atoms with Gasteiger partial charge in [0.2, 0.25) is 11.7 Å². The molecule has 0 saturated carbocycles. The molecule has 1 amide bonds. The summed E-state index contributed by atoms with van der Waals surface area (Å²) in [4.78, 5) is 15.7. The third-order valence-corrected chi connectivity index (χ3v) is 4.32. The molecule has 0 radical (unpaired) electrons. The topological polar surface area (TPSA) is 113 Å². The Morgan fingerprint density at radius 1 is 1.22 bits per heavy atom. The summed E-state index contributed by atoms with van der Waals surface area (Å²) in [5.41, 5.74) is 13.4. The summed E-state index contributed by atoms with van der Waals surface area (Å²) in [6, 6.07) is 11.9. The molecule has 0 aliphatic heterocycles. The number of primary amides is 1. The predicted octanol–water partition coefficient (Wildman–Crippen LogP) is 2.44. The lowest BCUT2D eigenvalue weighted by molar-refractivity contribution is -0.118. The highest BCUT2D eigenvalue weighted by Crippen LogP contribution is 2.29. The second-order valence-electron chi connectivity index (χ2n) is 6.08. The smallest absolute Gasteiger partial charge is 0.258 e. The maximum Gasteiger partial charge on any atom is 0.258 e. The van der Waals surface area contributed by atoms with Crippen LogP contribution >= 0.6 is 0 Å². The van der Waals surface area contributed by atoms with Crippen molar-refractivity contribution in [1.82, 2.24) is 14.7 Å². The maximum atomic E-state index is 13.6. The van der Waals surface area contributed by atoms with Gasteiger partial charge in [-0.15, -0.1) is 0 Å². The van der Waals surface area contributed by atoms with Crippen LogP contribution in [0.25, 0.3) is 33.7 Å². The van der Waals surface area contributed by atoms with E-state index >= 15 is 0 Å². The number of fused-ring (bicyclic) bond motifs is 1. The van der Waals surface area contributed by atoms with Crippen molar-refractivity contribution in [3.8, 4) is 22.8 Å². The molecule has 4 aromatic rings. The molecule has 0 fully saturated rings. The second kappa shape index (κ2) is 6.65. The molecule has 4 N–H and O–H groups in total. The fraction of sp³-hybridized carbons (Fsp3) is 0.105. The first-order valence-corrected chi connectivity index (χ1v) is 8.26. The molecule has 27 heavy (non-hydrogen) atoms. The lowest BCUT2D eigenvalue weighted by Crippen LogP contribution is -2.17. The van der Waals surface area contributed by atoms with Crippen molar-refractivity contribution in [2.24, 2.45) is 11.5 Å². The minimum atomic E-state index is -0.424. The summed E-state index contributed by atoms with van der Waals surface area (Å²) in [6.07, 6.45) is 1.79. The predicted molar refractivity (Wildman–Crippen MR) is 97.7 cm³/mol. The molecule has 0 bridgehead atoms. The third kappa shape index (κ3) is 3.06. The van der Waals surface area contributed by atoms with Crippen molar-refractivity contribution in [3.05, 3.63) is 60.0 Å². The van der Waals surface area contributed by atoms with Gasteiger partial charge in [-0.05, 0) is 30.3 Å². The highest BCUT2D eigenvalue weighted by molar-refractivity contribution is 5.94. The van der Waals surface area contributed by atoms with Gasteiger partial charge in [0.25, 0.3) is 5.89 Å². The average Bonchev–Trinajstić information content (AvgIpc) is 3.29. The zero-order chi connectivity index (χ0) is 19.0. The van der Waals surface area contributed by atoms with Crippen LogP contribution in [0.5, 0.6) is 0 Å². The Hall–Kier alpha value is -3.52. The monoisotopic (exact) mass is 365 g/mol. The van der Waals surface area contributed by atoms with Crippen molar-refractivity contribution in [2.45, 2.75) is 13.1 Å². The zero-order valence-corrected chi connectivity index (χ0v) is 14.2. The number of nitrogens with zero attached hydrogens (tertiary/aromatic N) is 3. The molecule has 2 aromatic heterocycles. The summed E-state index contributed by atoms with van der Waals surface area (Å²) >= 11 is 0. The number of amides is 1. The molecule has 2 aromatic carbocycles. The van der Waals surface area contributed by atoms with Gasteiger partial charge in [0.05, 0.1) is 0 Å². The van der Waals surface area contributed by atoms with E-state index in [1.54, 1.807) is 22.9 Å². The number of aromatic nitrogens is 3. The van der Waals surface area contributed by atoms with Gasteiger partial charge in [0.1, 0.15) is 12.4 Å².